The number of phenolic OH excluding ortho intramolecular Hbond substituents is 1. The number of carbonyl (C=O) groups is 6. The van der Waals surface area contributed by atoms with Crippen LogP contribution in [0, 0.1) is 5.92 Å². The number of amides is 5. The molecule has 0 saturated heterocycles. The van der Waals surface area contributed by atoms with Crippen LogP contribution in [0.25, 0.3) is 0 Å². The molecule has 0 heterocycles. The first-order chi connectivity index (χ1) is 18.2. The summed E-state index contributed by atoms with van der Waals surface area (Å²) in [6, 6.07) is 0.844. The summed E-state index contributed by atoms with van der Waals surface area (Å²) >= 11 is 0. The minimum Gasteiger partial charge on any atom is -0.508 e. The Bertz CT molecular complexity index is 1030. The second-order valence-corrected chi connectivity index (χ2v) is 9.32. The summed E-state index contributed by atoms with van der Waals surface area (Å²) in [5.41, 5.74) is 16.6. The Hall–Kier alpha value is -4.20. The number of carbonyl (C=O) groups excluding carboxylic acids is 5. The van der Waals surface area contributed by atoms with Gasteiger partial charge in [-0.2, -0.15) is 0 Å². The standard InChI is InChI=1S/C25H38N6O8/c1-3-13(2)21(24(37)30-18(25(38)39)12-14-4-6-15(32)7-5-14)31-23(36)17(9-11-20(28)34)29-22(35)16(26)8-10-19(27)33/h4-7,13,16-18,21,32H,3,8-12,26H2,1-2H3,(H2,27,33)(H2,28,34)(H,29,35)(H,30,37)(H,31,36)(H,38,39). The highest BCUT2D eigenvalue weighted by Crippen LogP contribution is 2.13. The fraction of sp³-hybridized carbons (Fsp3) is 0.520. The first kappa shape index (κ1) is 32.8. The zero-order valence-corrected chi connectivity index (χ0v) is 22.0. The van der Waals surface area contributed by atoms with Gasteiger partial charge in [-0.15, -0.1) is 0 Å². The molecule has 14 nitrogen and oxygen atoms in total. The van der Waals surface area contributed by atoms with E-state index in [1.165, 1.54) is 24.3 Å². The number of benzene rings is 1. The van der Waals surface area contributed by atoms with Crippen molar-refractivity contribution in [3.8, 4) is 5.75 Å². The van der Waals surface area contributed by atoms with E-state index in [2.05, 4.69) is 16.0 Å². The molecule has 5 atom stereocenters. The zero-order chi connectivity index (χ0) is 29.7. The van der Waals surface area contributed by atoms with Crippen LogP contribution in [-0.2, 0) is 35.2 Å². The van der Waals surface area contributed by atoms with Crippen molar-refractivity contribution in [2.75, 3.05) is 0 Å². The van der Waals surface area contributed by atoms with E-state index in [-0.39, 0.29) is 37.9 Å². The molecule has 5 unspecified atom stereocenters. The van der Waals surface area contributed by atoms with E-state index in [1.54, 1.807) is 13.8 Å². The maximum absolute atomic E-state index is 13.2. The Morgan fingerprint density at radius 3 is 1.87 bits per heavy atom. The second-order valence-electron chi connectivity index (χ2n) is 9.32. The van der Waals surface area contributed by atoms with Gasteiger partial charge >= 0.3 is 5.97 Å². The van der Waals surface area contributed by atoms with Crippen molar-refractivity contribution >= 4 is 35.5 Å². The molecule has 5 amide bonds. The lowest BCUT2D eigenvalue weighted by molar-refractivity contribution is -0.142. The van der Waals surface area contributed by atoms with E-state index in [9.17, 15) is 39.0 Å². The fourth-order valence-electron chi connectivity index (χ4n) is 3.55. The first-order valence-corrected chi connectivity index (χ1v) is 12.5. The summed E-state index contributed by atoms with van der Waals surface area (Å²) < 4.78 is 0. The third-order valence-corrected chi connectivity index (χ3v) is 6.13. The van der Waals surface area contributed by atoms with Crippen molar-refractivity contribution in [3.63, 3.8) is 0 Å². The van der Waals surface area contributed by atoms with Crippen LogP contribution in [0.3, 0.4) is 0 Å². The molecule has 216 valence electrons. The number of rotatable bonds is 17. The van der Waals surface area contributed by atoms with Gasteiger partial charge in [0.15, 0.2) is 0 Å². The number of nitrogens with one attached hydrogen (secondary N) is 3. The minimum atomic E-state index is -1.33. The molecule has 0 aliphatic heterocycles. The maximum Gasteiger partial charge on any atom is 0.326 e. The van der Waals surface area contributed by atoms with Crippen molar-refractivity contribution in [1.82, 2.24) is 16.0 Å². The van der Waals surface area contributed by atoms with Crippen LogP contribution in [0.4, 0.5) is 0 Å². The number of aromatic hydroxyl groups is 1. The average Bonchev–Trinajstić information content (AvgIpc) is 2.87. The number of primary amides is 2. The molecule has 0 radical (unpaired) electrons. The third kappa shape index (κ3) is 11.8. The molecular formula is C25H38N6O8. The molecule has 0 bridgehead atoms. The molecule has 1 aromatic rings. The Kier molecular flexibility index (Phi) is 13.4. The highest BCUT2D eigenvalue weighted by molar-refractivity contribution is 5.94. The molecule has 11 N–H and O–H groups in total. The summed E-state index contributed by atoms with van der Waals surface area (Å²) in [6.07, 6.45) is -0.322. The Balaban J connectivity index is 3.05. The van der Waals surface area contributed by atoms with E-state index < -0.39 is 65.6 Å². The lowest BCUT2D eigenvalue weighted by Gasteiger charge is -2.28. The SMILES string of the molecule is CCC(C)C(NC(=O)C(CCC(N)=O)NC(=O)C(N)CCC(N)=O)C(=O)NC(Cc1ccc(O)cc1)C(=O)O. The monoisotopic (exact) mass is 550 g/mol. The average molecular weight is 551 g/mol. The van der Waals surface area contributed by atoms with Gasteiger partial charge in [-0.05, 0) is 36.5 Å². The quantitative estimate of drug-likeness (QED) is 0.111. The predicted molar refractivity (Wildman–Crippen MR) is 140 cm³/mol. The normalized spacial score (nSPS) is 14.6. The second kappa shape index (κ2) is 15.9. The minimum absolute atomic E-state index is 0.000938. The topological polar surface area (TPSA) is 257 Å². The van der Waals surface area contributed by atoms with Gasteiger partial charge in [-0.25, -0.2) is 4.79 Å². The third-order valence-electron chi connectivity index (χ3n) is 6.13. The van der Waals surface area contributed by atoms with E-state index >= 15 is 0 Å². The van der Waals surface area contributed by atoms with Gasteiger partial charge in [0.2, 0.25) is 29.5 Å². The Morgan fingerprint density at radius 1 is 0.821 bits per heavy atom. The number of carboxylic acid groups (broad SMARTS) is 1. The molecule has 14 heteroatoms. The summed E-state index contributed by atoms with van der Waals surface area (Å²) in [5, 5.41) is 26.5. The predicted octanol–water partition coefficient (Wildman–Crippen LogP) is -1.62. The van der Waals surface area contributed by atoms with Crippen molar-refractivity contribution < 1.29 is 39.0 Å². The van der Waals surface area contributed by atoms with Crippen molar-refractivity contribution in [2.24, 2.45) is 23.1 Å². The van der Waals surface area contributed by atoms with Gasteiger partial charge in [0, 0.05) is 19.3 Å². The first-order valence-electron chi connectivity index (χ1n) is 12.5. The summed E-state index contributed by atoms with van der Waals surface area (Å²) in [7, 11) is 0. The molecule has 0 aromatic heterocycles. The molecule has 0 aliphatic carbocycles. The van der Waals surface area contributed by atoms with Crippen LogP contribution in [0.5, 0.6) is 5.75 Å². The van der Waals surface area contributed by atoms with Gasteiger partial charge in [0.1, 0.15) is 23.9 Å². The number of phenols is 1. The van der Waals surface area contributed by atoms with Crippen molar-refractivity contribution in [1.29, 1.82) is 0 Å². The summed E-state index contributed by atoms with van der Waals surface area (Å²) in [4.78, 5) is 72.9. The largest absolute Gasteiger partial charge is 0.508 e. The van der Waals surface area contributed by atoms with Gasteiger partial charge in [-0.1, -0.05) is 32.4 Å². The summed E-state index contributed by atoms with van der Waals surface area (Å²) in [6.45, 7) is 3.45. The maximum atomic E-state index is 13.2. The van der Waals surface area contributed by atoms with Gasteiger partial charge in [0.25, 0.3) is 0 Å². The zero-order valence-electron chi connectivity index (χ0n) is 22.0. The van der Waals surface area contributed by atoms with Crippen molar-refractivity contribution in [3.05, 3.63) is 29.8 Å². The van der Waals surface area contributed by atoms with Crippen LogP contribution < -0.4 is 33.2 Å². The molecule has 1 rings (SSSR count). The van der Waals surface area contributed by atoms with Crippen LogP contribution in [0.15, 0.2) is 24.3 Å². The molecule has 0 spiro atoms. The lowest BCUT2D eigenvalue weighted by atomic mass is 9.96. The molecule has 0 saturated carbocycles. The fourth-order valence-corrected chi connectivity index (χ4v) is 3.55. The van der Waals surface area contributed by atoms with Crippen LogP contribution in [0.2, 0.25) is 0 Å². The Labute approximate surface area is 226 Å². The number of hydrogen-bond acceptors (Lipinski definition) is 8. The Morgan fingerprint density at radius 2 is 1.36 bits per heavy atom. The number of hydrogen-bond donors (Lipinski definition) is 8. The van der Waals surface area contributed by atoms with E-state index in [4.69, 9.17) is 17.2 Å². The molecule has 39 heavy (non-hydrogen) atoms. The lowest BCUT2D eigenvalue weighted by Crippen LogP contribution is -2.59. The number of nitrogens with two attached hydrogens (primary N) is 3. The van der Waals surface area contributed by atoms with E-state index in [1.807, 2.05) is 0 Å². The highest BCUT2D eigenvalue weighted by atomic mass is 16.4. The van der Waals surface area contributed by atoms with Gasteiger partial charge in [0.05, 0.1) is 6.04 Å². The summed E-state index contributed by atoms with van der Waals surface area (Å²) in [5.74, 6) is -5.47. The highest BCUT2D eigenvalue weighted by Gasteiger charge is 2.33. The number of aliphatic carboxylic acids is 1. The van der Waals surface area contributed by atoms with E-state index in [0.29, 0.717) is 12.0 Å². The van der Waals surface area contributed by atoms with E-state index in [0.717, 1.165) is 0 Å². The smallest absolute Gasteiger partial charge is 0.326 e. The number of carboxylic acids is 1. The van der Waals surface area contributed by atoms with Gasteiger partial charge in [-0.3, -0.25) is 24.0 Å². The van der Waals surface area contributed by atoms with Crippen LogP contribution in [-0.4, -0.2) is 69.9 Å². The van der Waals surface area contributed by atoms with Crippen molar-refractivity contribution in [2.45, 2.75) is 76.5 Å². The molecule has 1 aromatic carbocycles. The molecule has 0 aliphatic rings. The van der Waals surface area contributed by atoms with Crippen LogP contribution >= 0.6 is 0 Å². The molecular weight excluding hydrogens is 512 g/mol. The van der Waals surface area contributed by atoms with Crippen LogP contribution in [0.1, 0.15) is 51.5 Å². The van der Waals surface area contributed by atoms with Gasteiger partial charge < -0.3 is 43.4 Å². The molecule has 0 fully saturated rings.